The Labute approximate surface area is 554 Å². The Morgan fingerprint density at radius 1 is 0.341 bits per heavy atom. The van der Waals surface area contributed by atoms with Crippen molar-refractivity contribution in [1.29, 1.82) is 0 Å². The maximum atomic E-state index is 13.0. The van der Waals surface area contributed by atoms with Crippen LogP contribution in [0, 0.1) is 5.92 Å². The van der Waals surface area contributed by atoms with Crippen molar-refractivity contribution in [3.05, 3.63) is 24.3 Å². The normalized spacial score (nSPS) is 14.2. The third kappa shape index (κ3) is 66.0. The molecule has 0 aliphatic carbocycles. The number of rotatable bonds is 70. The molecule has 17 nitrogen and oxygen atoms in total. The van der Waals surface area contributed by atoms with E-state index in [2.05, 4.69) is 58.9 Å². The number of carbonyl (C=O) groups excluding carboxylic acids is 4. The zero-order valence-corrected chi connectivity index (χ0v) is 60.3. The van der Waals surface area contributed by atoms with Crippen molar-refractivity contribution in [3.8, 4) is 0 Å². The summed E-state index contributed by atoms with van der Waals surface area (Å²) in [6.07, 6.45) is 54.8. The van der Waals surface area contributed by atoms with Crippen molar-refractivity contribution in [2.75, 3.05) is 39.6 Å². The van der Waals surface area contributed by atoms with E-state index in [1.54, 1.807) is 0 Å². The topological polar surface area (TPSA) is 237 Å². The molecule has 536 valence electrons. The smallest absolute Gasteiger partial charge is 0.462 e. The van der Waals surface area contributed by atoms with Crippen molar-refractivity contribution in [1.82, 2.24) is 0 Å². The summed E-state index contributed by atoms with van der Waals surface area (Å²) < 4.78 is 68.3. The van der Waals surface area contributed by atoms with E-state index in [4.69, 9.17) is 37.0 Å². The van der Waals surface area contributed by atoms with Crippen molar-refractivity contribution in [3.63, 3.8) is 0 Å². The summed E-state index contributed by atoms with van der Waals surface area (Å²) in [5.74, 6) is -1.45. The number of hydrogen-bond acceptors (Lipinski definition) is 15. The highest BCUT2D eigenvalue weighted by Crippen LogP contribution is 2.45. The van der Waals surface area contributed by atoms with Crippen LogP contribution >= 0.6 is 15.6 Å². The Kier molecular flexibility index (Phi) is 63.1. The predicted octanol–water partition coefficient (Wildman–Crippen LogP) is 20.5. The lowest BCUT2D eigenvalue weighted by molar-refractivity contribution is -0.161. The highest BCUT2D eigenvalue weighted by Gasteiger charge is 2.30. The number of ether oxygens (including phenoxy) is 4. The standard InChI is InChI=1S/C72H136O17P2/c1-6-9-12-15-18-21-24-27-28-31-34-37-42-48-53-58-72(77)88-67(61-82-69(74)55-50-45-40-35-32-29-25-22-19-16-13-10-7-2)63-86-90(78,79)84-59-66(73)60-85-91(80,81)87-64-68(62-83-70(75)56-51-46-43-38-39-44-49-54-65(4)5)89-71(76)57-52-47-41-36-33-30-26-23-20-17-14-11-8-3/h21,24,27-28,65-68,73H,6-20,22-23,25-26,29-64H2,1-5H3,(H,78,79)(H,80,81)/b24-21-,28-27-/t66-,67-,68-/m1/s1. The molecule has 0 aliphatic rings. The second-order valence-electron chi connectivity index (χ2n) is 25.8. The molecule has 19 heteroatoms. The fourth-order valence-electron chi connectivity index (χ4n) is 10.5. The fourth-order valence-corrected chi connectivity index (χ4v) is 12.0. The Balaban J connectivity index is 5.29. The van der Waals surface area contributed by atoms with Crippen molar-refractivity contribution in [2.45, 2.75) is 368 Å². The van der Waals surface area contributed by atoms with Gasteiger partial charge in [-0.05, 0) is 57.3 Å². The van der Waals surface area contributed by atoms with Gasteiger partial charge in [0.15, 0.2) is 12.2 Å². The Hall–Kier alpha value is -2.46. The molecule has 0 bridgehead atoms. The third-order valence-corrected chi connectivity index (χ3v) is 18.1. The van der Waals surface area contributed by atoms with E-state index in [-0.39, 0.29) is 25.7 Å². The van der Waals surface area contributed by atoms with Gasteiger partial charge in [-0.2, -0.15) is 0 Å². The number of hydrogen-bond donors (Lipinski definition) is 3. The first kappa shape index (κ1) is 88.5. The number of unbranched alkanes of at least 4 members (excludes halogenated alkanes) is 39. The monoisotopic (exact) mass is 1330 g/mol. The highest BCUT2D eigenvalue weighted by atomic mass is 31.2. The number of aliphatic hydroxyl groups is 1. The lowest BCUT2D eigenvalue weighted by atomic mass is 10.0. The van der Waals surface area contributed by atoms with Gasteiger partial charge in [-0.25, -0.2) is 9.13 Å². The third-order valence-electron chi connectivity index (χ3n) is 16.2. The number of phosphoric ester groups is 2. The van der Waals surface area contributed by atoms with Crippen LogP contribution in [-0.4, -0.2) is 96.7 Å². The molecule has 0 fully saturated rings. The second-order valence-corrected chi connectivity index (χ2v) is 28.7. The number of carbonyl (C=O) groups is 4. The minimum absolute atomic E-state index is 0.0855. The van der Waals surface area contributed by atoms with E-state index in [1.165, 1.54) is 154 Å². The average Bonchev–Trinajstić information content (AvgIpc) is 3.63. The zero-order valence-electron chi connectivity index (χ0n) is 58.5. The first-order valence-corrected chi connectivity index (χ1v) is 39.9. The van der Waals surface area contributed by atoms with Gasteiger partial charge in [-0.1, -0.05) is 296 Å². The zero-order chi connectivity index (χ0) is 67.0. The molecule has 0 spiro atoms. The van der Waals surface area contributed by atoms with Crippen LogP contribution in [0.5, 0.6) is 0 Å². The van der Waals surface area contributed by atoms with Gasteiger partial charge in [0, 0.05) is 25.7 Å². The van der Waals surface area contributed by atoms with Gasteiger partial charge in [0.2, 0.25) is 0 Å². The van der Waals surface area contributed by atoms with Crippen LogP contribution in [0.3, 0.4) is 0 Å². The highest BCUT2D eigenvalue weighted by molar-refractivity contribution is 7.47. The van der Waals surface area contributed by atoms with Gasteiger partial charge >= 0.3 is 39.5 Å². The summed E-state index contributed by atoms with van der Waals surface area (Å²) in [4.78, 5) is 72.6. The van der Waals surface area contributed by atoms with E-state index >= 15 is 0 Å². The molecular formula is C72H136O17P2. The number of esters is 4. The number of allylic oxidation sites excluding steroid dienone is 4. The molecule has 0 saturated carbocycles. The van der Waals surface area contributed by atoms with Crippen molar-refractivity contribution in [2.24, 2.45) is 5.92 Å². The lowest BCUT2D eigenvalue weighted by Crippen LogP contribution is -2.30. The largest absolute Gasteiger partial charge is 0.472 e. The van der Waals surface area contributed by atoms with Crippen molar-refractivity contribution < 1.29 is 80.2 Å². The Morgan fingerprint density at radius 3 is 0.901 bits per heavy atom. The molecule has 0 amide bonds. The van der Waals surface area contributed by atoms with E-state index in [1.807, 2.05) is 0 Å². The van der Waals surface area contributed by atoms with Crippen LogP contribution in [0.4, 0.5) is 0 Å². The molecule has 0 saturated heterocycles. The van der Waals surface area contributed by atoms with E-state index in [0.717, 1.165) is 109 Å². The molecule has 0 heterocycles. The maximum absolute atomic E-state index is 13.0. The predicted molar refractivity (Wildman–Crippen MR) is 368 cm³/mol. The summed E-state index contributed by atoms with van der Waals surface area (Å²) in [6.45, 7) is 7.14. The van der Waals surface area contributed by atoms with Gasteiger partial charge in [0.05, 0.1) is 26.4 Å². The first-order valence-electron chi connectivity index (χ1n) is 37.0. The van der Waals surface area contributed by atoms with Crippen LogP contribution in [-0.2, 0) is 65.4 Å². The summed E-state index contributed by atoms with van der Waals surface area (Å²) in [7, 11) is -9.91. The molecule has 3 N–H and O–H groups in total. The van der Waals surface area contributed by atoms with Gasteiger partial charge in [-0.15, -0.1) is 0 Å². The minimum Gasteiger partial charge on any atom is -0.462 e. The van der Waals surface area contributed by atoms with Gasteiger partial charge in [0.1, 0.15) is 19.3 Å². The maximum Gasteiger partial charge on any atom is 0.472 e. The summed E-state index contributed by atoms with van der Waals surface area (Å²) >= 11 is 0. The van der Waals surface area contributed by atoms with Gasteiger partial charge in [0.25, 0.3) is 0 Å². The molecule has 0 aliphatic heterocycles. The van der Waals surface area contributed by atoms with E-state index in [9.17, 15) is 43.2 Å². The molecule has 0 rings (SSSR count). The molecule has 2 unspecified atom stereocenters. The first-order chi connectivity index (χ1) is 44.0. The number of aliphatic hydroxyl groups excluding tert-OH is 1. The van der Waals surface area contributed by atoms with Crippen LogP contribution in [0.15, 0.2) is 24.3 Å². The fraction of sp³-hybridized carbons (Fsp3) is 0.889. The molecule has 5 atom stereocenters. The molecule has 0 radical (unpaired) electrons. The molecule has 91 heavy (non-hydrogen) atoms. The summed E-state index contributed by atoms with van der Waals surface area (Å²) in [5, 5.41) is 10.6. The average molecular weight is 1340 g/mol. The van der Waals surface area contributed by atoms with Crippen LogP contribution < -0.4 is 0 Å². The summed E-state index contributed by atoms with van der Waals surface area (Å²) in [5.41, 5.74) is 0. The quantitative estimate of drug-likeness (QED) is 0.0169. The second kappa shape index (κ2) is 64.9. The van der Waals surface area contributed by atoms with E-state index < -0.39 is 97.5 Å². The van der Waals surface area contributed by atoms with Crippen LogP contribution in [0.25, 0.3) is 0 Å². The minimum atomic E-state index is -4.96. The van der Waals surface area contributed by atoms with Crippen molar-refractivity contribution >= 4 is 39.5 Å². The van der Waals surface area contributed by atoms with Gasteiger partial charge < -0.3 is 33.8 Å². The number of phosphoric acid groups is 2. The van der Waals surface area contributed by atoms with Gasteiger partial charge in [-0.3, -0.25) is 37.3 Å². The summed E-state index contributed by atoms with van der Waals surface area (Å²) in [6, 6.07) is 0. The van der Waals surface area contributed by atoms with E-state index in [0.29, 0.717) is 31.6 Å². The Morgan fingerprint density at radius 2 is 0.593 bits per heavy atom. The SMILES string of the molecule is CCCCCC/C=C\C=C/CCCCCCCC(=O)O[C@H](COC(=O)CCCCCCCCCCCCCCC)COP(=O)(O)OC[C@@H](O)COP(=O)(O)OC[C@@H](COC(=O)CCCCCCCCCC(C)C)OC(=O)CCCCCCCCCCCCCCC. The molecular weight excluding hydrogens is 1200 g/mol. The molecule has 0 aromatic carbocycles. The van der Waals surface area contributed by atoms with Crippen LogP contribution in [0.2, 0.25) is 0 Å². The lowest BCUT2D eigenvalue weighted by Gasteiger charge is -2.21. The van der Waals surface area contributed by atoms with Crippen LogP contribution in [0.1, 0.15) is 349 Å². The Bertz CT molecular complexity index is 1850. The molecule has 0 aromatic rings. The molecule has 0 aromatic heterocycles.